The highest BCUT2D eigenvalue weighted by atomic mass is 32.1. The normalized spacial score (nSPS) is 10.3. The fourth-order valence-electron chi connectivity index (χ4n) is 1.86. The van der Waals surface area contributed by atoms with Crippen molar-refractivity contribution >= 4 is 44.0 Å². The number of para-hydroxylation sites is 1. The van der Waals surface area contributed by atoms with Gasteiger partial charge in [-0.15, -0.1) is 0 Å². The summed E-state index contributed by atoms with van der Waals surface area (Å²) in [5, 5.41) is 4.47. The Hall–Kier alpha value is -2.18. The predicted molar refractivity (Wildman–Crippen MR) is 92.3 cm³/mol. The molecule has 0 unspecified atom stereocenters. The van der Waals surface area contributed by atoms with Gasteiger partial charge in [-0.25, -0.2) is 4.98 Å². The molecule has 1 heterocycles. The minimum Gasteiger partial charge on any atom is -0.357 e. The maximum Gasteiger partial charge on any atom is 0.202 e. The van der Waals surface area contributed by atoms with Crippen LogP contribution in [0.2, 0.25) is 0 Å². The first-order valence-corrected chi connectivity index (χ1v) is 7.73. The molecule has 0 aliphatic heterocycles. The van der Waals surface area contributed by atoms with E-state index in [2.05, 4.69) is 33.3 Å². The SMILES string of the molecule is S=C(NCc1ccccc1)NNc1nc2ccccc2s1. The molecule has 21 heavy (non-hydrogen) atoms. The Kier molecular flexibility index (Phi) is 4.28. The van der Waals surface area contributed by atoms with E-state index < -0.39 is 0 Å². The molecule has 0 saturated carbocycles. The van der Waals surface area contributed by atoms with E-state index in [-0.39, 0.29) is 0 Å². The van der Waals surface area contributed by atoms with Crippen LogP contribution in [0, 0.1) is 0 Å². The largest absolute Gasteiger partial charge is 0.357 e. The molecule has 3 N–H and O–H groups in total. The Labute approximate surface area is 132 Å². The maximum atomic E-state index is 5.23. The van der Waals surface area contributed by atoms with Gasteiger partial charge >= 0.3 is 0 Å². The molecule has 4 nitrogen and oxygen atoms in total. The number of thiocarbonyl (C=S) groups is 1. The van der Waals surface area contributed by atoms with Crippen LogP contribution in [-0.4, -0.2) is 10.1 Å². The second kappa shape index (κ2) is 6.51. The lowest BCUT2D eigenvalue weighted by molar-refractivity contribution is 0.886. The average Bonchev–Trinajstić information content (AvgIpc) is 2.95. The molecule has 0 aliphatic rings. The molecule has 3 rings (SSSR count). The number of hydrogen-bond acceptors (Lipinski definition) is 4. The third-order valence-corrected chi connectivity index (χ3v) is 4.07. The molecule has 0 spiro atoms. The molecular weight excluding hydrogens is 300 g/mol. The van der Waals surface area contributed by atoms with Gasteiger partial charge < -0.3 is 5.32 Å². The highest BCUT2D eigenvalue weighted by molar-refractivity contribution is 7.80. The zero-order chi connectivity index (χ0) is 14.5. The highest BCUT2D eigenvalue weighted by Crippen LogP contribution is 2.24. The Balaban J connectivity index is 1.51. The lowest BCUT2D eigenvalue weighted by Gasteiger charge is -2.10. The fourth-order valence-corrected chi connectivity index (χ4v) is 2.80. The zero-order valence-electron chi connectivity index (χ0n) is 11.2. The van der Waals surface area contributed by atoms with Crippen molar-refractivity contribution in [3.05, 3.63) is 60.2 Å². The molecule has 0 amide bonds. The van der Waals surface area contributed by atoms with Crippen molar-refractivity contribution in [1.29, 1.82) is 0 Å². The van der Waals surface area contributed by atoms with E-state index in [0.717, 1.165) is 15.3 Å². The highest BCUT2D eigenvalue weighted by Gasteiger charge is 2.02. The second-order valence-electron chi connectivity index (χ2n) is 4.41. The van der Waals surface area contributed by atoms with Gasteiger partial charge in [-0.3, -0.25) is 10.9 Å². The first-order chi connectivity index (χ1) is 10.3. The van der Waals surface area contributed by atoms with Crippen molar-refractivity contribution in [3.8, 4) is 0 Å². The topological polar surface area (TPSA) is 49.0 Å². The summed E-state index contributed by atoms with van der Waals surface area (Å²) < 4.78 is 1.14. The minimum absolute atomic E-state index is 0.540. The van der Waals surface area contributed by atoms with Crippen LogP contribution in [-0.2, 0) is 6.54 Å². The molecule has 0 bridgehead atoms. The lowest BCUT2D eigenvalue weighted by atomic mass is 10.2. The zero-order valence-corrected chi connectivity index (χ0v) is 12.8. The van der Waals surface area contributed by atoms with Gasteiger partial charge in [0.2, 0.25) is 5.13 Å². The van der Waals surface area contributed by atoms with Crippen molar-refractivity contribution in [2.75, 3.05) is 5.43 Å². The van der Waals surface area contributed by atoms with E-state index in [4.69, 9.17) is 12.2 Å². The van der Waals surface area contributed by atoms with Crippen LogP contribution in [0.3, 0.4) is 0 Å². The van der Waals surface area contributed by atoms with E-state index in [1.54, 1.807) is 11.3 Å². The second-order valence-corrected chi connectivity index (χ2v) is 5.84. The van der Waals surface area contributed by atoms with Gasteiger partial charge in [0.15, 0.2) is 5.11 Å². The monoisotopic (exact) mass is 314 g/mol. The predicted octanol–water partition coefficient (Wildman–Crippen LogP) is 3.29. The van der Waals surface area contributed by atoms with Gasteiger partial charge in [0, 0.05) is 6.54 Å². The summed E-state index contributed by atoms with van der Waals surface area (Å²) >= 11 is 6.81. The summed E-state index contributed by atoms with van der Waals surface area (Å²) in [6.07, 6.45) is 0. The van der Waals surface area contributed by atoms with E-state index in [9.17, 15) is 0 Å². The molecule has 3 aromatic rings. The minimum atomic E-state index is 0.540. The van der Waals surface area contributed by atoms with Crippen LogP contribution < -0.4 is 16.2 Å². The molecule has 106 valence electrons. The summed E-state index contributed by atoms with van der Waals surface area (Å²) in [4.78, 5) is 4.46. The van der Waals surface area contributed by atoms with Crippen LogP contribution in [0.5, 0.6) is 0 Å². The number of fused-ring (bicyclic) bond motifs is 1. The van der Waals surface area contributed by atoms with E-state index in [1.165, 1.54) is 5.56 Å². The Morgan fingerprint density at radius 1 is 1.05 bits per heavy atom. The number of rotatable bonds is 4. The standard InChI is InChI=1S/C15H14N4S2/c20-14(16-10-11-6-2-1-3-7-11)18-19-15-17-12-8-4-5-9-13(12)21-15/h1-9H,10H2,(H,17,19)(H2,16,18,20). The third kappa shape index (κ3) is 3.68. The van der Waals surface area contributed by atoms with Crippen LogP contribution in [0.25, 0.3) is 10.2 Å². The maximum absolute atomic E-state index is 5.23. The summed E-state index contributed by atoms with van der Waals surface area (Å²) in [6.45, 7) is 0.689. The molecular formula is C15H14N4S2. The van der Waals surface area contributed by atoms with E-state index in [0.29, 0.717) is 11.7 Å². The number of nitrogens with one attached hydrogen (secondary N) is 3. The number of benzene rings is 2. The van der Waals surface area contributed by atoms with Crippen LogP contribution in [0.4, 0.5) is 5.13 Å². The van der Waals surface area contributed by atoms with Crippen LogP contribution in [0.15, 0.2) is 54.6 Å². The van der Waals surface area contributed by atoms with Gasteiger partial charge in [-0.2, -0.15) is 0 Å². The Bertz CT molecular complexity index is 707. The Morgan fingerprint density at radius 3 is 2.62 bits per heavy atom. The van der Waals surface area contributed by atoms with Gasteiger partial charge in [0.05, 0.1) is 10.2 Å². The molecule has 0 radical (unpaired) electrons. The number of hydrazine groups is 1. The number of hydrogen-bond donors (Lipinski definition) is 3. The van der Waals surface area contributed by atoms with Crippen LogP contribution >= 0.6 is 23.6 Å². The van der Waals surface area contributed by atoms with Crippen molar-refractivity contribution in [3.63, 3.8) is 0 Å². The first-order valence-electron chi connectivity index (χ1n) is 6.50. The van der Waals surface area contributed by atoms with Crippen molar-refractivity contribution in [2.24, 2.45) is 0 Å². The summed E-state index contributed by atoms with van der Waals surface area (Å²) in [5.74, 6) is 0. The van der Waals surface area contributed by atoms with Gasteiger partial charge in [-0.1, -0.05) is 53.8 Å². The Morgan fingerprint density at radius 2 is 1.81 bits per heavy atom. The van der Waals surface area contributed by atoms with Crippen molar-refractivity contribution in [1.82, 2.24) is 15.7 Å². The number of anilines is 1. The van der Waals surface area contributed by atoms with Crippen molar-refractivity contribution < 1.29 is 0 Å². The number of thiazole rings is 1. The molecule has 0 atom stereocenters. The molecule has 1 aromatic heterocycles. The third-order valence-electron chi connectivity index (χ3n) is 2.87. The van der Waals surface area contributed by atoms with E-state index in [1.807, 2.05) is 42.5 Å². The van der Waals surface area contributed by atoms with Crippen molar-refractivity contribution in [2.45, 2.75) is 6.54 Å². The summed E-state index contributed by atoms with van der Waals surface area (Å²) in [5.41, 5.74) is 8.14. The quantitative estimate of drug-likeness (QED) is 0.509. The molecule has 2 aromatic carbocycles. The fraction of sp³-hybridized carbons (Fsp3) is 0.0667. The smallest absolute Gasteiger partial charge is 0.202 e. The first kappa shape index (κ1) is 13.8. The molecule has 0 fully saturated rings. The number of aromatic nitrogens is 1. The average molecular weight is 314 g/mol. The van der Waals surface area contributed by atoms with Crippen LogP contribution in [0.1, 0.15) is 5.56 Å². The molecule has 6 heteroatoms. The van der Waals surface area contributed by atoms with Gasteiger partial charge in [0.25, 0.3) is 0 Å². The molecule has 0 saturated heterocycles. The lowest BCUT2D eigenvalue weighted by Crippen LogP contribution is -2.38. The van der Waals surface area contributed by atoms with Gasteiger partial charge in [0.1, 0.15) is 0 Å². The number of nitrogens with zero attached hydrogens (tertiary/aromatic N) is 1. The summed E-state index contributed by atoms with van der Waals surface area (Å²) in [7, 11) is 0. The van der Waals surface area contributed by atoms with Gasteiger partial charge in [-0.05, 0) is 29.9 Å². The summed E-state index contributed by atoms with van der Waals surface area (Å²) in [6, 6.07) is 18.1. The van der Waals surface area contributed by atoms with E-state index >= 15 is 0 Å². The molecule has 0 aliphatic carbocycles.